The van der Waals surface area contributed by atoms with E-state index in [1.807, 2.05) is 13.8 Å². The molecule has 1 rings (SSSR count). The summed E-state index contributed by atoms with van der Waals surface area (Å²) in [4.78, 5) is 3.87. The fourth-order valence-electron chi connectivity index (χ4n) is 0.657. The van der Waals surface area contributed by atoms with Crippen LogP contribution in [-0.2, 0) is 6.42 Å². The van der Waals surface area contributed by atoms with E-state index < -0.39 is 0 Å². The van der Waals surface area contributed by atoms with Crippen molar-refractivity contribution in [3.05, 3.63) is 12.2 Å². The lowest BCUT2D eigenvalue weighted by molar-refractivity contribution is 0.407. The van der Waals surface area contributed by atoms with Crippen molar-refractivity contribution in [2.24, 2.45) is 0 Å². The highest BCUT2D eigenvalue weighted by molar-refractivity contribution is 7.81. The van der Waals surface area contributed by atoms with Crippen LogP contribution in [0.5, 0.6) is 0 Å². The Hall–Kier alpha value is -0.510. The highest BCUT2D eigenvalue weighted by Crippen LogP contribution is 2.16. The molecule has 1 aromatic rings. The minimum atomic E-state index is -0.0656. The Balaban J connectivity index is 2.57. The Morgan fingerprint density at radius 3 is 2.80 bits per heavy atom. The molecule has 0 unspecified atom stereocenters. The average Bonchev–Trinajstić information content (AvgIpc) is 2.12. The summed E-state index contributed by atoms with van der Waals surface area (Å²) < 4.78 is 4.50. The van der Waals surface area contributed by atoms with Crippen molar-refractivity contribution in [2.45, 2.75) is 25.0 Å². The molecule has 0 amide bonds. The second-order valence-corrected chi connectivity index (χ2v) is 4.05. The van der Waals surface area contributed by atoms with Crippen LogP contribution in [0.25, 0.3) is 0 Å². The van der Waals surface area contributed by atoms with Gasteiger partial charge in [-0.25, -0.2) is 0 Å². The van der Waals surface area contributed by atoms with E-state index in [1.54, 1.807) is 0 Å². The molecule has 0 saturated carbocycles. The van der Waals surface area contributed by atoms with Gasteiger partial charge in [-0.15, -0.1) is 0 Å². The number of hydrogen-bond donors (Lipinski definition) is 1. The smallest absolute Gasteiger partial charge is 0.213 e. The largest absolute Gasteiger partial charge is 0.343 e. The van der Waals surface area contributed by atoms with Gasteiger partial charge in [-0.1, -0.05) is 19.0 Å². The van der Waals surface area contributed by atoms with E-state index in [2.05, 4.69) is 27.3 Å². The minimum Gasteiger partial charge on any atom is -0.343 e. The summed E-state index contributed by atoms with van der Waals surface area (Å²) in [5.74, 6) is 0.708. The van der Waals surface area contributed by atoms with Crippen molar-refractivity contribution in [3.63, 3.8) is 0 Å². The van der Waals surface area contributed by atoms with E-state index in [9.17, 15) is 0 Å². The molecule has 1 aromatic heterocycles. The van der Waals surface area contributed by atoms with Crippen LogP contribution >= 0.6 is 12.6 Å². The molecular formula is C6H10N2OS. The molecule has 56 valence electrons. The van der Waals surface area contributed by atoms with E-state index in [0.29, 0.717) is 5.82 Å². The third-order valence-electron chi connectivity index (χ3n) is 0.998. The Bertz CT molecular complexity index is 190. The number of hydrogen-bond acceptors (Lipinski definition) is 4. The molecular weight excluding hydrogens is 148 g/mol. The molecule has 0 saturated heterocycles. The first-order valence-corrected chi connectivity index (χ1v) is 3.50. The molecule has 0 aliphatic rings. The van der Waals surface area contributed by atoms with Crippen molar-refractivity contribution in [1.82, 2.24) is 10.1 Å². The van der Waals surface area contributed by atoms with Crippen LogP contribution < -0.4 is 0 Å². The second kappa shape index (κ2) is 2.62. The second-order valence-electron chi connectivity index (χ2n) is 2.84. The first kappa shape index (κ1) is 7.60. The molecule has 0 aliphatic heterocycles. The Morgan fingerprint density at radius 1 is 1.70 bits per heavy atom. The monoisotopic (exact) mass is 158 g/mol. The first-order valence-electron chi connectivity index (χ1n) is 3.05. The summed E-state index contributed by atoms with van der Waals surface area (Å²) in [5, 5.41) is 3.67. The summed E-state index contributed by atoms with van der Waals surface area (Å²) in [5.41, 5.74) is 0. The lowest BCUT2D eigenvalue weighted by atomic mass is 10.1. The number of nitrogens with zero attached hydrogens (tertiary/aromatic N) is 2. The standard InChI is InChI=1S/C6H10N2OS/c1-6(2,10)3-5-7-4-9-8-5/h4,10H,3H2,1-2H3. The third kappa shape index (κ3) is 2.39. The normalized spacial score (nSPS) is 11.9. The van der Waals surface area contributed by atoms with Crippen molar-refractivity contribution >= 4 is 12.6 Å². The molecule has 10 heavy (non-hydrogen) atoms. The molecule has 0 fully saturated rings. The number of aromatic nitrogens is 2. The molecule has 1 heterocycles. The maximum atomic E-state index is 4.57. The van der Waals surface area contributed by atoms with Crippen molar-refractivity contribution in [3.8, 4) is 0 Å². The fraction of sp³-hybridized carbons (Fsp3) is 0.667. The van der Waals surface area contributed by atoms with Crippen LogP contribution in [0.2, 0.25) is 0 Å². The highest BCUT2D eigenvalue weighted by Gasteiger charge is 2.14. The van der Waals surface area contributed by atoms with Gasteiger partial charge in [0.05, 0.1) is 0 Å². The van der Waals surface area contributed by atoms with Gasteiger partial charge >= 0.3 is 0 Å². The van der Waals surface area contributed by atoms with Crippen molar-refractivity contribution in [1.29, 1.82) is 0 Å². The summed E-state index contributed by atoms with van der Waals surface area (Å²) >= 11 is 4.32. The molecule has 0 aromatic carbocycles. The lowest BCUT2D eigenvalue weighted by Gasteiger charge is -2.12. The van der Waals surface area contributed by atoms with Gasteiger partial charge in [0.15, 0.2) is 5.82 Å². The molecule has 0 aliphatic carbocycles. The van der Waals surface area contributed by atoms with Crippen LogP contribution in [0.15, 0.2) is 10.9 Å². The first-order chi connectivity index (χ1) is 4.58. The Labute approximate surface area is 65.2 Å². The topological polar surface area (TPSA) is 38.9 Å². The quantitative estimate of drug-likeness (QED) is 0.660. The minimum absolute atomic E-state index is 0.0656. The van der Waals surface area contributed by atoms with Crippen LogP contribution in [0.3, 0.4) is 0 Å². The van der Waals surface area contributed by atoms with Gasteiger partial charge < -0.3 is 4.52 Å². The molecule has 3 nitrogen and oxygen atoms in total. The van der Waals surface area contributed by atoms with Crippen LogP contribution in [0.4, 0.5) is 0 Å². The van der Waals surface area contributed by atoms with Gasteiger partial charge in [0.25, 0.3) is 0 Å². The molecule has 0 radical (unpaired) electrons. The van der Waals surface area contributed by atoms with Gasteiger partial charge in [0.2, 0.25) is 6.39 Å². The van der Waals surface area contributed by atoms with Crippen molar-refractivity contribution in [2.75, 3.05) is 0 Å². The summed E-state index contributed by atoms with van der Waals surface area (Å²) in [6.07, 6.45) is 2.06. The maximum Gasteiger partial charge on any atom is 0.213 e. The summed E-state index contributed by atoms with van der Waals surface area (Å²) in [6.45, 7) is 4.01. The summed E-state index contributed by atoms with van der Waals surface area (Å²) in [6, 6.07) is 0. The van der Waals surface area contributed by atoms with Crippen LogP contribution in [0.1, 0.15) is 19.7 Å². The van der Waals surface area contributed by atoms with Gasteiger partial charge in [-0.05, 0) is 0 Å². The molecule has 4 heteroatoms. The predicted octanol–water partition coefficient (Wildman–Crippen LogP) is 1.32. The molecule has 0 bridgehead atoms. The molecule has 0 atom stereocenters. The SMILES string of the molecule is CC(C)(S)Cc1ncon1. The van der Waals surface area contributed by atoms with Crippen molar-refractivity contribution < 1.29 is 4.52 Å². The Morgan fingerprint density at radius 2 is 2.40 bits per heavy atom. The predicted molar refractivity (Wildman–Crippen MR) is 41.1 cm³/mol. The Kier molecular flexibility index (Phi) is 1.99. The van der Waals surface area contributed by atoms with E-state index in [4.69, 9.17) is 0 Å². The number of thiol groups is 1. The van der Waals surface area contributed by atoms with Crippen LogP contribution in [-0.4, -0.2) is 14.9 Å². The number of rotatable bonds is 2. The highest BCUT2D eigenvalue weighted by atomic mass is 32.1. The van der Waals surface area contributed by atoms with E-state index in [1.165, 1.54) is 6.39 Å². The van der Waals surface area contributed by atoms with Crippen LogP contribution in [0, 0.1) is 0 Å². The average molecular weight is 158 g/mol. The zero-order valence-electron chi connectivity index (χ0n) is 6.03. The molecule has 0 spiro atoms. The lowest BCUT2D eigenvalue weighted by Crippen LogP contribution is -2.15. The van der Waals surface area contributed by atoms with Gasteiger partial charge in [0, 0.05) is 11.2 Å². The van der Waals surface area contributed by atoms with Gasteiger partial charge in [-0.3, -0.25) is 0 Å². The van der Waals surface area contributed by atoms with E-state index in [-0.39, 0.29) is 4.75 Å². The summed E-state index contributed by atoms with van der Waals surface area (Å²) in [7, 11) is 0. The fourth-order valence-corrected chi connectivity index (χ4v) is 0.799. The third-order valence-corrected chi connectivity index (χ3v) is 1.16. The molecule has 0 N–H and O–H groups in total. The van der Waals surface area contributed by atoms with E-state index in [0.717, 1.165) is 6.42 Å². The van der Waals surface area contributed by atoms with Gasteiger partial charge in [-0.2, -0.15) is 17.6 Å². The zero-order valence-corrected chi connectivity index (χ0v) is 6.93. The zero-order chi connectivity index (χ0) is 7.61. The maximum absolute atomic E-state index is 4.57. The van der Waals surface area contributed by atoms with Gasteiger partial charge in [0.1, 0.15) is 0 Å². The van der Waals surface area contributed by atoms with E-state index >= 15 is 0 Å².